The number of fused-ring (bicyclic) bond motifs is 1. The number of hydrogen-bond acceptors (Lipinski definition) is 7. The Balaban J connectivity index is 1.51. The van der Waals surface area contributed by atoms with Gasteiger partial charge in [-0.2, -0.15) is 0 Å². The fourth-order valence-corrected chi connectivity index (χ4v) is 3.67. The summed E-state index contributed by atoms with van der Waals surface area (Å²) >= 11 is 1.69. The summed E-state index contributed by atoms with van der Waals surface area (Å²) in [7, 11) is 2.16. The highest BCUT2D eigenvalue weighted by atomic mass is 32.1. The summed E-state index contributed by atoms with van der Waals surface area (Å²) in [4.78, 5) is 20.8. The SMILES string of the molecule is CN1CCN(c2ncc3c(n2)CCN(c2nccs2)C3)CC1. The van der Waals surface area contributed by atoms with E-state index in [1.807, 2.05) is 17.8 Å². The van der Waals surface area contributed by atoms with Crippen molar-refractivity contribution in [1.29, 1.82) is 0 Å². The van der Waals surface area contributed by atoms with Crippen molar-refractivity contribution in [3.05, 3.63) is 29.0 Å². The first-order valence-electron chi connectivity index (χ1n) is 7.72. The van der Waals surface area contributed by atoms with Crippen LogP contribution in [0.15, 0.2) is 17.8 Å². The molecule has 0 atom stereocenters. The largest absolute Gasteiger partial charge is 0.343 e. The van der Waals surface area contributed by atoms with E-state index in [4.69, 9.17) is 4.98 Å². The molecule has 0 N–H and O–H groups in total. The highest BCUT2D eigenvalue weighted by Gasteiger charge is 2.22. The number of anilines is 2. The lowest BCUT2D eigenvalue weighted by atomic mass is 10.1. The van der Waals surface area contributed by atoms with E-state index in [-0.39, 0.29) is 0 Å². The summed E-state index contributed by atoms with van der Waals surface area (Å²) in [5.74, 6) is 0.898. The molecule has 2 aliphatic heterocycles. The number of aromatic nitrogens is 3. The first-order valence-corrected chi connectivity index (χ1v) is 8.60. The van der Waals surface area contributed by atoms with Crippen LogP contribution >= 0.6 is 11.3 Å². The Morgan fingerprint density at radius 3 is 2.68 bits per heavy atom. The molecule has 7 heteroatoms. The van der Waals surface area contributed by atoms with Gasteiger partial charge >= 0.3 is 0 Å². The van der Waals surface area contributed by atoms with Crippen molar-refractivity contribution in [3.63, 3.8) is 0 Å². The third-order valence-electron chi connectivity index (χ3n) is 4.40. The molecule has 4 rings (SSSR count). The first kappa shape index (κ1) is 13.9. The summed E-state index contributed by atoms with van der Waals surface area (Å²) < 4.78 is 0. The minimum absolute atomic E-state index is 0.867. The second-order valence-electron chi connectivity index (χ2n) is 5.92. The van der Waals surface area contributed by atoms with Gasteiger partial charge in [0.2, 0.25) is 5.95 Å². The van der Waals surface area contributed by atoms with Crippen LogP contribution in [0.1, 0.15) is 11.3 Å². The van der Waals surface area contributed by atoms with E-state index >= 15 is 0 Å². The molecule has 0 saturated carbocycles. The van der Waals surface area contributed by atoms with Gasteiger partial charge in [0.25, 0.3) is 0 Å². The standard InChI is InChI=1S/C15H20N6S/c1-19-5-7-20(8-6-19)14-17-10-12-11-21(4-2-13(12)18-14)15-16-3-9-22-15/h3,9-10H,2,4-8,11H2,1H3. The Hall–Kier alpha value is -1.73. The Morgan fingerprint density at radius 2 is 1.91 bits per heavy atom. The molecule has 2 aromatic rings. The third-order valence-corrected chi connectivity index (χ3v) is 5.23. The Labute approximate surface area is 134 Å². The molecule has 2 aromatic heterocycles. The topological polar surface area (TPSA) is 48.4 Å². The van der Waals surface area contributed by atoms with Gasteiger partial charge in [0.05, 0.1) is 5.69 Å². The average molecular weight is 316 g/mol. The summed E-state index contributed by atoms with van der Waals surface area (Å²) in [5, 5.41) is 3.12. The smallest absolute Gasteiger partial charge is 0.225 e. The molecular weight excluding hydrogens is 296 g/mol. The van der Waals surface area contributed by atoms with Crippen molar-refractivity contribution in [1.82, 2.24) is 19.9 Å². The molecule has 0 aliphatic carbocycles. The van der Waals surface area contributed by atoms with Crippen molar-refractivity contribution in [3.8, 4) is 0 Å². The summed E-state index contributed by atoms with van der Waals surface area (Å²) in [6, 6.07) is 0. The lowest BCUT2D eigenvalue weighted by molar-refractivity contribution is 0.311. The van der Waals surface area contributed by atoms with Gasteiger partial charge in [-0.05, 0) is 7.05 Å². The van der Waals surface area contributed by atoms with Crippen molar-refractivity contribution in [2.75, 3.05) is 49.6 Å². The zero-order valence-corrected chi connectivity index (χ0v) is 13.6. The van der Waals surface area contributed by atoms with E-state index in [9.17, 15) is 0 Å². The van der Waals surface area contributed by atoms with Gasteiger partial charge in [-0.25, -0.2) is 15.0 Å². The number of piperazine rings is 1. The zero-order chi connectivity index (χ0) is 14.9. The predicted molar refractivity (Wildman–Crippen MR) is 88.6 cm³/mol. The molecule has 1 saturated heterocycles. The molecule has 22 heavy (non-hydrogen) atoms. The Kier molecular flexibility index (Phi) is 3.67. The van der Waals surface area contributed by atoms with Crippen LogP contribution in [0.3, 0.4) is 0 Å². The first-order chi connectivity index (χ1) is 10.8. The maximum atomic E-state index is 4.83. The van der Waals surface area contributed by atoms with E-state index in [0.29, 0.717) is 0 Å². The average Bonchev–Trinajstić information content (AvgIpc) is 3.09. The van der Waals surface area contributed by atoms with Gasteiger partial charge in [-0.1, -0.05) is 0 Å². The van der Waals surface area contributed by atoms with Gasteiger partial charge < -0.3 is 14.7 Å². The highest BCUT2D eigenvalue weighted by Crippen LogP contribution is 2.25. The second-order valence-corrected chi connectivity index (χ2v) is 6.79. The number of rotatable bonds is 2. The second kappa shape index (κ2) is 5.81. The van der Waals surface area contributed by atoms with E-state index in [1.165, 1.54) is 11.3 Å². The minimum atomic E-state index is 0.867. The van der Waals surface area contributed by atoms with E-state index in [0.717, 1.165) is 56.8 Å². The number of likely N-dealkylation sites (N-methyl/N-ethyl adjacent to an activating group) is 1. The summed E-state index contributed by atoms with van der Waals surface area (Å²) in [6.07, 6.45) is 4.84. The van der Waals surface area contributed by atoms with Crippen molar-refractivity contribution in [2.24, 2.45) is 0 Å². The van der Waals surface area contributed by atoms with Crippen LogP contribution in [0, 0.1) is 0 Å². The highest BCUT2D eigenvalue weighted by molar-refractivity contribution is 7.13. The van der Waals surface area contributed by atoms with Gasteiger partial charge in [0, 0.05) is 69.0 Å². The number of nitrogens with zero attached hydrogens (tertiary/aromatic N) is 6. The fourth-order valence-electron chi connectivity index (χ4n) is 3.00. The maximum absolute atomic E-state index is 4.83. The van der Waals surface area contributed by atoms with E-state index in [2.05, 4.69) is 31.7 Å². The molecule has 1 fully saturated rings. The lowest BCUT2D eigenvalue weighted by Gasteiger charge is -2.33. The maximum Gasteiger partial charge on any atom is 0.225 e. The van der Waals surface area contributed by atoms with Crippen molar-refractivity contribution in [2.45, 2.75) is 13.0 Å². The molecule has 4 heterocycles. The molecule has 0 spiro atoms. The van der Waals surface area contributed by atoms with Crippen LogP contribution in [0.25, 0.3) is 0 Å². The van der Waals surface area contributed by atoms with Crippen molar-refractivity contribution < 1.29 is 0 Å². The van der Waals surface area contributed by atoms with Crippen LogP contribution in [-0.2, 0) is 13.0 Å². The van der Waals surface area contributed by atoms with Crippen LogP contribution in [0.4, 0.5) is 11.1 Å². The number of thiazole rings is 1. The zero-order valence-electron chi connectivity index (χ0n) is 12.8. The number of hydrogen-bond donors (Lipinski definition) is 0. The molecule has 0 unspecified atom stereocenters. The van der Waals surface area contributed by atoms with Crippen LogP contribution in [0.5, 0.6) is 0 Å². The molecule has 0 amide bonds. The van der Waals surface area contributed by atoms with Gasteiger partial charge in [0.1, 0.15) is 0 Å². The Bertz CT molecular complexity index is 635. The lowest BCUT2D eigenvalue weighted by Crippen LogP contribution is -2.45. The van der Waals surface area contributed by atoms with Gasteiger partial charge in [0.15, 0.2) is 5.13 Å². The fraction of sp³-hybridized carbons (Fsp3) is 0.533. The summed E-state index contributed by atoms with van der Waals surface area (Å²) in [5.41, 5.74) is 2.44. The minimum Gasteiger partial charge on any atom is -0.343 e. The van der Waals surface area contributed by atoms with Gasteiger partial charge in [-0.15, -0.1) is 11.3 Å². The van der Waals surface area contributed by atoms with Crippen LogP contribution in [-0.4, -0.2) is 59.6 Å². The molecule has 116 valence electrons. The van der Waals surface area contributed by atoms with E-state index < -0.39 is 0 Å². The van der Waals surface area contributed by atoms with Crippen LogP contribution < -0.4 is 9.80 Å². The van der Waals surface area contributed by atoms with Crippen LogP contribution in [0.2, 0.25) is 0 Å². The Morgan fingerprint density at radius 1 is 1.05 bits per heavy atom. The van der Waals surface area contributed by atoms with Crippen molar-refractivity contribution >= 4 is 22.4 Å². The molecular formula is C15H20N6S. The molecule has 6 nitrogen and oxygen atoms in total. The quantitative estimate of drug-likeness (QED) is 0.831. The van der Waals surface area contributed by atoms with Gasteiger partial charge in [-0.3, -0.25) is 0 Å². The van der Waals surface area contributed by atoms with E-state index in [1.54, 1.807) is 11.3 Å². The normalized spacial score (nSPS) is 19.3. The molecule has 0 radical (unpaired) electrons. The summed E-state index contributed by atoms with van der Waals surface area (Å²) in [6.45, 7) is 6.04. The molecule has 2 aliphatic rings. The molecule has 0 bridgehead atoms. The molecule has 0 aromatic carbocycles. The monoisotopic (exact) mass is 316 g/mol. The predicted octanol–water partition coefficient (Wildman–Crippen LogP) is 1.25. The third kappa shape index (κ3) is 2.66.